The van der Waals surface area contributed by atoms with Crippen LogP contribution < -0.4 is 0 Å². The summed E-state index contributed by atoms with van der Waals surface area (Å²) in [4.78, 5) is 0. The van der Waals surface area contributed by atoms with E-state index in [2.05, 4.69) is 0 Å². The van der Waals surface area contributed by atoms with Gasteiger partial charge in [0, 0.05) is 3.92 Å². The normalized spacial score (nSPS) is 18.0. The summed E-state index contributed by atoms with van der Waals surface area (Å²) < 4.78 is 47.2. The fourth-order valence-corrected chi connectivity index (χ4v) is 1.29. The van der Waals surface area contributed by atoms with Gasteiger partial charge in [0.2, 0.25) is 0 Å². The Bertz CT molecular complexity index is 110. The lowest BCUT2D eigenvalue weighted by Gasteiger charge is -2.17. The molecule has 0 rings (SSSR count). The molecule has 0 aliphatic carbocycles. The monoisotopic (exact) mass is 284 g/mol. The Morgan fingerprint density at radius 2 is 1.82 bits per heavy atom. The molecule has 0 fully saturated rings. The molecule has 5 heteroatoms. The Balaban J connectivity index is 3.96. The summed E-state index contributed by atoms with van der Waals surface area (Å²) in [7, 11) is 0. The van der Waals surface area contributed by atoms with E-state index in [1.54, 1.807) is 6.92 Å². The first kappa shape index (κ1) is 11.4. The third-order valence-corrected chi connectivity index (χ3v) is 1.77. The fraction of sp³-hybridized carbons (Fsp3) is 1.00. The van der Waals surface area contributed by atoms with Gasteiger partial charge >= 0.3 is 6.18 Å². The van der Waals surface area contributed by atoms with Crippen molar-refractivity contribution in [2.75, 3.05) is 6.67 Å². The lowest BCUT2D eigenvalue weighted by molar-refractivity contribution is -0.179. The number of hydrogen-bond donors (Lipinski definition) is 0. The molecule has 11 heavy (non-hydrogen) atoms. The minimum Gasteiger partial charge on any atom is -0.250 e. The molecule has 68 valence electrons. The van der Waals surface area contributed by atoms with Crippen molar-refractivity contribution in [3.05, 3.63) is 0 Å². The van der Waals surface area contributed by atoms with Crippen molar-refractivity contribution in [2.45, 2.75) is 23.4 Å². The molecule has 0 aromatic rings. The van der Waals surface area contributed by atoms with Gasteiger partial charge in [-0.2, -0.15) is 13.2 Å². The SMILES string of the molecule is CC(I)CC(CF)C(F)(F)F. The number of rotatable bonds is 3. The maximum atomic E-state index is 11.8. The molecule has 0 radical (unpaired) electrons. The van der Waals surface area contributed by atoms with Crippen LogP contribution >= 0.6 is 22.6 Å². The molecule has 0 spiro atoms. The molecule has 0 bridgehead atoms. The van der Waals surface area contributed by atoms with Gasteiger partial charge in [0.25, 0.3) is 0 Å². The summed E-state index contributed by atoms with van der Waals surface area (Å²) in [5.74, 6) is -1.78. The quantitative estimate of drug-likeness (QED) is 0.423. The molecular weight excluding hydrogens is 275 g/mol. The highest BCUT2D eigenvalue weighted by molar-refractivity contribution is 14.1. The van der Waals surface area contributed by atoms with Crippen LogP contribution in [0.25, 0.3) is 0 Å². The molecular formula is C6H9F4I. The molecule has 0 amide bonds. The van der Waals surface area contributed by atoms with Crippen molar-refractivity contribution < 1.29 is 17.6 Å². The first-order chi connectivity index (χ1) is 4.88. The van der Waals surface area contributed by atoms with Crippen molar-refractivity contribution >= 4 is 22.6 Å². The van der Waals surface area contributed by atoms with Gasteiger partial charge in [0.1, 0.15) is 6.67 Å². The molecule has 2 unspecified atom stereocenters. The van der Waals surface area contributed by atoms with Crippen LogP contribution in [0.4, 0.5) is 17.6 Å². The number of halogens is 5. The fourth-order valence-electron chi connectivity index (χ4n) is 0.676. The van der Waals surface area contributed by atoms with Gasteiger partial charge in [-0.3, -0.25) is 4.39 Å². The number of alkyl halides is 5. The topological polar surface area (TPSA) is 0 Å². The van der Waals surface area contributed by atoms with Gasteiger partial charge in [0.05, 0.1) is 5.92 Å². The molecule has 0 aromatic heterocycles. The maximum Gasteiger partial charge on any atom is 0.394 e. The van der Waals surface area contributed by atoms with Crippen LogP contribution in [0.5, 0.6) is 0 Å². The van der Waals surface area contributed by atoms with Crippen LogP contribution in [0, 0.1) is 5.92 Å². The van der Waals surface area contributed by atoms with Gasteiger partial charge in [-0.05, 0) is 6.42 Å². The van der Waals surface area contributed by atoms with Gasteiger partial charge in [-0.15, -0.1) is 0 Å². The van der Waals surface area contributed by atoms with E-state index in [9.17, 15) is 17.6 Å². The van der Waals surface area contributed by atoms with E-state index in [-0.39, 0.29) is 10.3 Å². The van der Waals surface area contributed by atoms with Crippen molar-refractivity contribution in [3.63, 3.8) is 0 Å². The zero-order valence-corrected chi connectivity index (χ0v) is 8.12. The van der Waals surface area contributed by atoms with E-state index in [0.29, 0.717) is 0 Å². The first-order valence-electron chi connectivity index (χ1n) is 3.14. The zero-order chi connectivity index (χ0) is 9.07. The standard InChI is InChI=1S/C6H9F4I/c1-4(11)2-5(3-7)6(8,9)10/h4-5H,2-3H2,1H3. The summed E-state index contributed by atoms with van der Waals surface area (Å²) >= 11 is 1.85. The Kier molecular flexibility index (Phi) is 4.65. The van der Waals surface area contributed by atoms with Gasteiger partial charge in [0.15, 0.2) is 0 Å². The van der Waals surface area contributed by atoms with E-state index < -0.39 is 18.8 Å². The second-order valence-electron chi connectivity index (χ2n) is 2.41. The van der Waals surface area contributed by atoms with Crippen LogP contribution in [0.2, 0.25) is 0 Å². The zero-order valence-electron chi connectivity index (χ0n) is 5.96. The summed E-state index contributed by atoms with van der Waals surface area (Å²) in [5, 5.41) is 0. The predicted octanol–water partition coefficient (Wildman–Crippen LogP) is 3.35. The highest BCUT2D eigenvalue weighted by Crippen LogP contribution is 2.31. The Morgan fingerprint density at radius 1 is 1.36 bits per heavy atom. The van der Waals surface area contributed by atoms with Crippen LogP contribution in [0.1, 0.15) is 13.3 Å². The minimum absolute atomic E-state index is 0.138. The average molecular weight is 284 g/mol. The molecule has 0 aliphatic heterocycles. The van der Waals surface area contributed by atoms with Crippen LogP contribution in [0.15, 0.2) is 0 Å². The van der Waals surface area contributed by atoms with Crippen molar-refractivity contribution in [3.8, 4) is 0 Å². The van der Waals surface area contributed by atoms with E-state index in [0.717, 1.165) is 0 Å². The lowest BCUT2D eigenvalue weighted by Crippen LogP contribution is -2.26. The Labute approximate surface area is 76.5 Å². The molecule has 0 nitrogen and oxygen atoms in total. The largest absolute Gasteiger partial charge is 0.394 e. The second kappa shape index (κ2) is 4.47. The summed E-state index contributed by atoms with van der Waals surface area (Å²) in [6, 6.07) is 0. The van der Waals surface area contributed by atoms with Crippen LogP contribution in [-0.4, -0.2) is 16.8 Å². The third-order valence-electron chi connectivity index (χ3n) is 1.26. The summed E-state index contributed by atoms with van der Waals surface area (Å²) in [5.41, 5.74) is 0. The van der Waals surface area contributed by atoms with Gasteiger partial charge < -0.3 is 0 Å². The predicted molar refractivity (Wildman–Crippen MR) is 43.6 cm³/mol. The van der Waals surface area contributed by atoms with Crippen LogP contribution in [-0.2, 0) is 0 Å². The molecule has 0 heterocycles. The summed E-state index contributed by atoms with van der Waals surface area (Å²) in [6.07, 6.45) is -4.52. The first-order valence-corrected chi connectivity index (χ1v) is 4.39. The average Bonchev–Trinajstić information content (AvgIpc) is 1.79. The van der Waals surface area contributed by atoms with Crippen molar-refractivity contribution in [2.24, 2.45) is 5.92 Å². The molecule has 2 atom stereocenters. The Morgan fingerprint density at radius 3 is 1.91 bits per heavy atom. The third kappa shape index (κ3) is 4.81. The lowest BCUT2D eigenvalue weighted by atomic mass is 10.1. The van der Waals surface area contributed by atoms with E-state index in [1.807, 2.05) is 22.6 Å². The van der Waals surface area contributed by atoms with E-state index in [1.165, 1.54) is 0 Å². The number of hydrogen-bond acceptors (Lipinski definition) is 0. The highest BCUT2D eigenvalue weighted by atomic mass is 127. The maximum absolute atomic E-state index is 11.8. The smallest absolute Gasteiger partial charge is 0.250 e. The molecule has 0 saturated carbocycles. The highest BCUT2D eigenvalue weighted by Gasteiger charge is 2.39. The molecule has 0 N–H and O–H groups in total. The second-order valence-corrected chi connectivity index (χ2v) is 4.54. The van der Waals surface area contributed by atoms with E-state index >= 15 is 0 Å². The Hall–Kier alpha value is 0.450. The molecule has 0 saturated heterocycles. The minimum atomic E-state index is -4.38. The molecule has 0 aromatic carbocycles. The summed E-state index contributed by atoms with van der Waals surface area (Å²) in [6.45, 7) is 0.325. The van der Waals surface area contributed by atoms with Crippen LogP contribution in [0.3, 0.4) is 0 Å². The van der Waals surface area contributed by atoms with Gasteiger partial charge in [-0.1, -0.05) is 29.5 Å². The van der Waals surface area contributed by atoms with Gasteiger partial charge in [-0.25, -0.2) is 0 Å². The van der Waals surface area contributed by atoms with Crippen molar-refractivity contribution in [1.82, 2.24) is 0 Å². The van der Waals surface area contributed by atoms with Crippen molar-refractivity contribution in [1.29, 1.82) is 0 Å². The van der Waals surface area contributed by atoms with E-state index in [4.69, 9.17) is 0 Å². The molecule has 0 aliphatic rings.